The van der Waals surface area contributed by atoms with Crippen LogP contribution in [0.2, 0.25) is 0 Å². The van der Waals surface area contributed by atoms with Crippen LogP contribution in [0.25, 0.3) is 0 Å². The number of anilines is 1. The van der Waals surface area contributed by atoms with E-state index in [1.807, 2.05) is 0 Å². The number of ether oxygens (including phenoxy) is 3. The van der Waals surface area contributed by atoms with E-state index in [-0.39, 0.29) is 37.2 Å². The Bertz CT molecular complexity index is 1760. The van der Waals surface area contributed by atoms with Crippen molar-refractivity contribution >= 4 is 29.9 Å². The second kappa shape index (κ2) is 18.2. The summed E-state index contributed by atoms with van der Waals surface area (Å²) in [6, 6.07) is 11.6. The lowest BCUT2D eigenvalue weighted by Crippen LogP contribution is -2.54. The molecule has 1 fully saturated rings. The highest BCUT2D eigenvalue weighted by atomic mass is 19.4. The molecule has 0 aromatic heterocycles. The minimum Gasteiger partial charge on any atom is -0.465 e. The molecule has 4 rings (SSSR count). The average molecular weight is 783 g/mol. The van der Waals surface area contributed by atoms with E-state index < -0.39 is 90.7 Å². The van der Waals surface area contributed by atoms with Gasteiger partial charge in [-0.15, -0.1) is 0 Å². The first-order chi connectivity index (χ1) is 25.8. The van der Waals surface area contributed by atoms with Crippen molar-refractivity contribution in [3.05, 3.63) is 101 Å². The third-order valence-corrected chi connectivity index (χ3v) is 8.29. The number of hydrogen-bond donors (Lipinski definition) is 4. The second-order valence-electron chi connectivity index (χ2n) is 13.6. The molecule has 12 nitrogen and oxygen atoms in total. The van der Waals surface area contributed by atoms with Gasteiger partial charge in [-0.05, 0) is 81.1 Å². The van der Waals surface area contributed by atoms with E-state index in [9.17, 15) is 46.2 Å². The molecule has 0 spiro atoms. The van der Waals surface area contributed by atoms with Gasteiger partial charge < -0.3 is 35.3 Å². The molecular weight excluding hydrogens is 742 g/mol. The third kappa shape index (κ3) is 12.8. The second-order valence-corrected chi connectivity index (χ2v) is 13.6. The third-order valence-electron chi connectivity index (χ3n) is 8.29. The Kier molecular flexibility index (Phi) is 14.0. The van der Waals surface area contributed by atoms with E-state index in [0.717, 1.165) is 35.2 Å². The lowest BCUT2D eigenvalue weighted by atomic mass is 9.84. The number of carbonyl (C=O) groups is 4. The highest BCUT2D eigenvalue weighted by molar-refractivity contribution is 5.98. The minimum atomic E-state index is -4.68. The average Bonchev–Trinajstić information content (AvgIpc) is 3.09. The normalized spacial score (nSPS) is 16.6. The Hall–Kier alpha value is -5.52. The molecule has 0 bridgehead atoms. The van der Waals surface area contributed by atoms with E-state index in [4.69, 9.17) is 14.2 Å². The number of amides is 4. The molecule has 55 heavy (non-hydrogen) atoms. The van der Waals surface area contributed by atoms with E-state index in [1.54, 1.807) is 20.8 Å². The van der Waals surface area contributed by atoms with E-state index in [0.29, 0.717) is 11.1 Å². The molecule has 1 heterocycles. The predicted octanol–water partition coefficient (Wildman–Crippen LogP) is 6.74. The summed E-state index contributed by atoms with van der Waals surface area (Å²) in [5.74, 6) is -3.75. The first kappa shape index (κ1) is 42.2. The fourth-order valence-corrected chi connectivity index (χ4v) is 5.80. The maximum Gasteiger partial charge on any atom is 0.408 e. The largest absolute Gasteiger partial charge is 0.465 e. The molecule has 0 unspecified atom stereocenters. The molecule has 298 valence electrons. The molecule has 1 saturated heterocycles. The van der Waals surface area contributed by atoms with Gasteiger partial charge in [0.05, 0.1) is 25.3 Å². The molecule has 3 aromatic carbocycles. The monoisotopic (exact) mass is 782 g/mol. The molecule has 0 aliphatic carbocycles. The van der Waals surface area contributed by atoms with Crippen LogP contribution in [0.1, 0.15) is 49.8 Å². The van der Waals surface area contributed by atoms with Gasteiger partial charge in [0.25, 0.3) is 0 Å². The van der Waals surface area contributed by atoms with Crippen LogP contribution in [0.4, 0.5) is 46.4 Å². The molecule has 1 aliphatic rings. The van der Waals surface area contributed by atoms with E-state index >= 15 is 4.39 Å². The van der Waals surface area contributed by atoms with Crippen molar-refractivity contribution in [3.8, 4) is 0 Å². The fraction of sp³-hybridized carbons (Fsp3) is 0.405. The topological polar surface area (TPSA) is 156 Å². The molecule has 0 radical (unpaired) electrons. The number of alkyl halides is 3. The Balaban J connectivity index is 1.54. The summed E-state index contributed by atoms with van der Waals surface area (Å²) < 4.78 is 96.5. The SMILES string of the molecule is CC(C)(C)OC(=O)N[C@H](C(=O)Nc1cccc(F)c1CC[C@@H]1CN(C(=O)O)[C@H](COC(=O)NCC(F)(F)F)CO1)C(c1ccc(F)cc1)c1ccc(F)cc1. The fourth-order valence-electron chi connectivity index (χ4n) is 5.80. The van der Waals surface area contributed by atoms with Gasteiger partial charge in [-0.3, -0.25) is 9.69 Å². The number of halogens is 6. The molecule has 3 atom stereocenters. The van der Waals surface area contributed by atoms with Crippen LogP contribution in [0.5, 0.6) is 0 Å². The van der Waals surface area contributed by atoms with Gasteiger partial charge in [-0.25, -0.2) is 27.6 Å². The van der Waals surface area contributed by atoms with Gasteiger partial charge in [0.2, 0.25) is 5.91 Å². The highest BCUT2D eigenvalue weighted by Gasteiger charge is 2.36. The van der Waals surface area contributed by atoms with Crippen molar-refractivity contribution in [1.29, 1.82) is 0 Å². The molecule has 4 amide bonds. The van der Waals surface area contributed by atoms with Crippen molar-refractivity contribution in [2.24, 2.45) is 0 Å². The van der Waals surface area contributed by atoms with Crippen LogP contribution in [-0.4, -0.2) is 90.5 Å². The minimum absolute atomic E-state index is 0.00000292. The first-order valence-corrected chi connectivity index (χ1v) is 17.0. The number of rotatable bonds is 12. The van der Waals surface area contributed by atoms with Crippen LogP contribution in [0, 0.1) is 17.5 Å². The smallest absolute Gasteiger partial charge is 0.408 e. The van der Waals surface area contributed by atoms with Crippen molar-refractivity contribution in [2.75, 3.05) is 31.6 Å². The Labute approximate surface area is 312 Å². The van der Waals surface area contributed by atoms with Crippen molar-refractivity contribution < 1.29 is 64.8 Å². The maximum absolute atomic E-state index is 15.4. The van der Waals surface area contributed by atoms with Gasteiger partial charge in [0.15, 0.2) is 0 Å². The van der Waals surface area contributed by atoms with Gasteiger partial charge in [-0.1, -0.05) is 30.3 Å². The maximum atomic E-state index is 15.4. The molecule has 1 aliphatic heterocycles. The summed E-state index contributed by atoms with van der Waals surface area (Å²) in [6.07, 6.45) is -9.35. The number of morpholine rings is 1. The van der Waals surface area contributed by atoms with Crippen LogP contribution < -0.4 is 16.0 Å². The summed E-state index contributed by atoms with van der Waals surface area (Å²) in [5.41, 5.74) is -0.236. The van der Waals surface area contributed by atoms with Crippen LogP contribution in [0.15, 0.2) is 66.7 Å². The number of benzene rings is 3. The highest BCUT2D eigenvalue weighted by Crippen LogP contribution is 2.31. The van der Waals surface area contributed by atoms with Gasteiger partial charge in [0, 0.05) is 17.2 Å². The number of nitrogens with one attached hydrogen (secondary N) is 3. The molecular formula is C37H40F6N4O8. The summed E-state index contributed by atoms with van der Waals surface area (Å²) in [7, 11) is 0. The standard InChI is InChI=1S/C37H40F6N4O8/c1-36(2,3)55-34(50)46-31(30(21-7-11-23(38)12-8-21)22-9-13-24(39)14-10-22)32(48)45-29-6-4-5-28(40)27(29)16-15-26-17-47(35(51)52)25(18-53-26)19-54-33(49)44-20-37(41,42)43/h4-14,25-26,30-31H,15-20H2,1-3H3,(H,44,49)(H,45,48)(H,46,50)(H,51,52)/t25-,26+,31-/m0/s1. The summed E-state index contributed by atoms with van der Waals surface area (Å²) in [6.45, 7) is 2.04. The Morgan fingerprint density at radius 1 is 0.909 bits per heavy atom. The number of nitrogens with zero attached hydrogens (tertiary/aromatic N) is 1. The predicted molar refractivity (Wildman–Crippen MR) is 185 cm³/mol. The zero-order chi connectivity index (χ0) is 40.5. The lowest BCUT2D eigenvalue weighted by molar-refractivity contribution is -0.124. The van der Waals surface area contributed by atoms with Crippen molar-refractivity contribution in [3.63, 3.8) is 0 Å². The lowest BCUT2D eigenvalue weighted by Gasteiger charge is -2.37. The van der Waals surface area contributed by atoms with Gasteiger partial charge >= 0.3 is 24.5 Å². The quantitative estimate of drug-likeness (QED) is 0.147. The summed E-state index contributed by atoms with van der Waals surface area (Å²) >= 11 is 0. The summed E-state index contributed by atoms with van der Waals surface area (Å²) in [5, 5.41) is 16.5. The number of carbonyl (C=O) groups excluding carboxylic acids is 3. The molecule has 4 N–H and O–H groups in total. The van der Waals surface area contributed by atoms with Crippen LogP contribution in [0.3, 0.4) is 0 Å². The zero-order valence-electron chi connectivity index (χ0n) is 29.9. The Morgan fingerprint density at radius 3 is 2.05 bits per heavy atom. The first-order valence-electron chi connectivity index (χ1n) is 17.0. The number of carboxylic acid groups (broad SMARTS) is 1. The van der Waals surface area contributed by atoms with Crippen molar-refractivity contribution in [2.45, 2.75) is 69.5 Å². The van der Waals surface area contributed by atoms with E-state index in [1.165, 1.54) is 41.7 Å². The van der Waals surface area contributed by atoms with Gasteiger partial charge in [0.1, 0.15) is 42.2 Å². The summed E-state index contributed by atoms with van der Waals surface area (Å²) in [4.78, 5) is 51.9. The molecule has 0 saturated carbocycles. The molecule has 18 heteroatoms. The Morgan fingerprint density at radius 2 is 1.51 bits per heavy atom. The van der Waals surface area contributed by atoms with E-state index in [2.05, 4.69) is 10.6 Å². The zero-order valence-corrected chi connectivity index (χ0v) is 29.9. The number of hydrogen-bond acceptors (Lipinski definition) is 7. The van der Waals surface area contributed by atoms with Gasteiger partial charge in [-0.2, -0.15) is 13.2 Å². The van der Waals surface area contributed by atoms with Crippen LogP contribution >= 0.6 is 0 Å². The number of alkyl carbamates (subject to hydrolysis) is 2. The van der Waals surface area contributed by atoms with Crippen LogP contribution in [-0.2, 0) is 25.4 Å². The molecule has 3 aromatic rings. The van der Waals surface area contributed by atoms with Crippen molar-refractivity contribution in [1.82, 2.24) is 15.5 Å².